The Balaban J connectivity index is 1.48. The summed E-state index contributed by atoms with van der Waals surface area (Å²) >= 11 is 0. The molecule has 0 amide bonds. The monoisotopic (exact) mass is 698 g/mol. The maximum atomic E-state index is 5.07. The van der Waals surface area contributed by atoms with Gasteiger partial charge in [0.15, 0.2) is 5.82 Å². The summed E-state index contributed by atoms with van der Waals surface area (Å²) in [7, 11) is 0. The van der Waals surface area contributed by atoms with E-state index in [1.165, 1.54) is 35.1 Å². The summed E-state index contributed by atoms with van der Waals surface area (Å²) in [5.74, 6) is 4.54. The molecule has 2 aromatic carbocycles. The molecule has 3 heterocycles. The van der Waals surface area contributed by atoms with Crippen LogP contribution in [0, 0.1) is 23.7 Å². The molecular weight excluding hydrogens is 635 g/mol. The minimum absolute atomic E-state index is 0.647. The fraction of sp³-hybridized carbons (Fsp3) is 0.447. The molecule has 0 spiro atoms. The van der Waals surface area contributed by atoms with E-state index in [0.29, 0.717) is 30.2 Å². The van der Waals surface area contributed by atoms with Crippen molar-refractivity contribution in [1.82, 2.24) is 15.0 Å². The van der Waals surface area contributed by atoms with Gasteiger partial charge >= 0.3 is 0 Å². The van der Waals surface area contributed by atoms with E-state index >= 15 is 0 Å². The lowest BCUT2D eigenvalue weighted by Crippen LogP contribution is -2.40. The number of aryl methyl sites for hydroxylation is 4. The summed E-state index contributed by atoms with van der Waals surface area (Å²) < 4.78 is 0. The molecule has 0 unspecified atom stereocenters. The van der Waals surface area contributed by atoms with Gasteiger partial charge in [0.05, 0.1) is 12.2 Å². The van der Waals surface area contributed by atoms with Crippen molar-refractivity contribution in [1.29, 1.82) is 0 Å². The number of aromatic nitrogens is 2. The fourth-order valence-corrected chi connectivity index (χ4v) is 6.49. The van der Waals surface area contributed by atoms with Crippen LogP contribution in [0.5, 0.6) is 0 Å². The standard InChI is InChI=1S/C47H63N5/c1-35(2)11-15-39-19-25-43(26-20-39)51(46-29-23-41(32-48-46)17-13-37(5)6)45-10-9-31-50(34-45)52(44-27-21-40(22-28-44)16-12-36(3)4)47-30-24-42(33-49-47)18-14-38(7)8/h9-10,19-33,35-38H,11-18,34H2,1-8H3. The molecule has 5 heteroatoms. The van der Waals surface area contributed by atoms with E-state index in [-0.39, 0.29) is 0 Å². The van der Waals surface area contributed by atoms with Crippen molar-refractivity contribution >= 4 is 23.0 Å². The molecule has 1 aliphatic rings. The Kier molecular flexibility index (Phi) is 14.1. The number of nitrogens with zero attached hydrogens (tertiary/aromatic N) is 5. The van der Waals surface area contributed by atoms with Crippen molar-refractivity contribution in [3.63, 3.8) is 0 Å². The Morgan fingerprint density at radius 2 is 0.942 bits per heavy atom. The second-order valence-electron chi connectivity index (χ2n) is 16.4. The van der Waals surface area contributed by atoms with Gasteiger partial charge < -0.3 is 0 Å². The largest absolute Gasteiger partial charge is 0.297 e. The molecule has 276 valence electrons. The topological polar surface area (TPSA) is 35.5 Å². The highest BCUT2D eigenvalue weighted by molar-refractivity contribution is 5.67. The highest BCUT2D eigenvalue weighted by Gasteiger charge is 2.25. The van der Waals surface area contributed by atoms with E-state index in [1.54, 1.807) is 0 Å². The number of hydrogen-bond acceptors (Lipinski definition) is 5. The average molecular weight is 698 g/mol. The Hall–Kier alpha value is -4.38. The fourth-order valence-electron chi connectivity index (χ4n) is 6.49. The molecule has 0 saturated carbocycles. The molecule has 0 N–H and O–H groups in total. The third-order valence-corrected chi connectivity index (χ3v) is 9.90. The van der Waals surface area contributed by atoms with Crippen LogP contribution in [0.2, 0.25) is 0 Å². The first-order valence-corrected chi connectivity index (χ1v) is 19.9. The van der Waals surface area contributed by atoms with E-state index in [4.69, 9.17) is 9.97 Å². The van der Waals surface area contributed by atoms with Gasteiger partial charge in [-0.2, -0.15) is 0 Å². The number of pyridine rings is 2. The molecule has 0 fully saturated rings. The molecule has 2 aromatic heterocycles. The quantitative estimate of drug-likeness (QED) is 0.103. The van der Waals surface area contributed by atoms with Crippen LogP contribution in [0.1, 0.15) is 103 Å². The van der Waals surface area contributed by atoms with Crippen molar-refractivity contribution in [3.05, 3.63) is 131 Å². The van der Waals surface area contributed by atoms with Crippen molar-refractivity contribution < 1.29 is 0 Å². The molecule has 1 aliphatic heterocycles. The molecule has 5 rings (SSSR count). The van der Waals surface area contributed by atoms with Gasteiger partial charge in [-0.25, -0.2) is 15.0 Å². The first kappa shape index (κ1) is 38.8. The second-order valence-corrected chi connectivity index (χ2v) is 16.4. The zero-order valence-corrected chi connectivity index (χ0v) is 33.2. The van der Waals surface area contributed by atoms with Crippen LogP contribution >= 0.6 is 0 Å². The minimum Gasteiger partial charge on any atom is -0.297 e. The SMILES string of the molecule is CC(C)CCc1ccc(N(C2=CC=CN(N(c3ccc(CCC(C)C)cc3)c3ccc(CCC(C)C)cn3)C2)c2ccc(CCC(C)C)cn2)cc1. The Morgan fingerprint density at radius 3 is 1.38 bits per heavy atom. The molecule has 0 saturated heterocycles. The lowest BCUT2D eigenvalue weighted by Gasteiger charge is -2.39. The second kappa shape index (κ2) is 18.9. The third kappa shape index (κ3) is 11.3. The van der Waals surface area contributed by atoms with E-state index in [0.717, 1.165) is 67.2 Å². The van der Waals surface area contributed by atoms with Gasteiger partial charge in [-0.1, -0.05) is 91.8 Å². The van der Waals surface area contributed by atoms with E-state index < -0.39 is 0 Å². The number of allylic oxidation sites excluding steroid dienone is 2. The lowest BCUT2D eigenvalue weighted by molar-refractivity contribution is 0.404. The van der Waals surface area contributed by atoms with Crippen LogP contribution in [0.25, 0.3) is 0 Å². The van der Waals surface area contributed by atoms with Gasteiger partial charge in [0.1, 0.15) is 5.82 Å². The zero-order valence-electron chi connectivity index (χ0n) is 33.2. The van der Waals surface area contributed by atoms with Gasteiger partial charge in [-0.3, -0.25) is 9.91 Å². The first-order valence-electron chi connectivity index (χ1n) is 19.9. The molecule has 5 nitrogen and oxygen atoms in total. The van der Waals surface area contributed by atoms with Crippen molar-refractivity contribution in [2.75, 3.05) is 16.5 Å². The number of benzene rings is 2. The minimum atomic E-state index is 0.647. The van der Waals surface area contributed by atoms with Crippen LogP contribution in [-0.4, -0.2) is 21.5 Å². The van der Waals surface area contributed by atoms with Crippen LogP contribution < -0.4 is 9.91 Å². The number of anilines is 4. The third-order valence-electron chi connectivity index (χ3n) is 9.90. The predicted molar refractivity (Wildman–Crippen MR) is 222 cm³/mol. The number of hydrogen-bond donors (Lipinski definition) is 0. The Morgan fingerprint density at radius 1 is 0.519 bits per heavy atom. The summed E-state index contributed by atoms with van der Waals surface area (Å²) in [4.78, 5) is 12.5. The molecule has 4 aromatic rings. The van der Waals surface area contributed by atoms with Crippen molar-refractivity contribution in [2.45, 2.75) is 107 Å². The predicted octanol–water partition coefficient (Wildman–Crippen LogP) is 12.4. The summed E-state index contributed by atoms with van der Waals surface area (Å²) in [5, 5.41) is 4.55. The summed E-state index contributed by atoms with van der Waals surface area (Å²) in [6, 6.07) is 27.0. The van der Waals surface area contributed by atoms with Crippen LogP contribution in [0.15, 0.2) is 109 Å². The van der Waals surface area contributed by atoms with Gasteiger partial charge in [0.2, 0.25) is 0 Å². The van der Waals surface area contributed by atoms with Gasteiger partial charge in [-0.05, 0) is 146 Å². The van der Waals surface area contributed by atoms with Crippen LogP contribution in [0.3, 0.4) is 0 Å². The molecule has 0 aliphatic carbocycles. The first-order chi connectivity index (χ1) is 25.0. The maximum Gasteiger partial charge on any atom is 0.151 e. The molecule has 0 radical (unpaired) electrons. The highest BCUT2D eigenvalue weighted by atomic mass is 15.6. The summed E-state index contributed by atoms with van der Waals surface area (Å²) in [6.07, 6.45) is 19.6. The van der Waals surface area contributed by atoms with Crippen molar-refractivity contribution in [3.8, 4) is 0 Å². The van der Waals surface area contributed by atoms with Crippen LogP contribution in [-0.2, 0) is 25.7 Å². The summed E-state index contributed by atoms with van der Waals surface area (Å²) in [6.45, 7) is 18.9. The van der Waals surface area contributed by atoms with Gasteiger partial charge in [0.25, 0.3) is 0 Å². The molecule has 0 atom stereocenters. The van der Waals surface area contributed by atoms with Gasteiger partial charge in [-0.15, -0.1) is 0 Å². The van der Waals surface area contributed by atoms with Gasteiger partial charge in [0, 0.05) is 30.0 Å². The Bertz CT molecular complexity index is 1590. The van der Waals surface area contributed by atoms with Crippen molar-refractivity contribution in [2.24, 2.45) is 23.7 Å². The molecular formula is C47H63N5. The Labute approximate surface area is 315 Å². The molecule has 52 heavy (non-hydrogen) atoms. The smallest absolute Gasteiger partial charge is 0.151 e. The summed E-state index contributed by atoms with van der Waals surface area (Å²) in [5.41, 5.74) is 8.66. The van der Waals surface area contributed by atoms with Crippen LogP contribution in [0.4, 0.5) is 23.0 Å². The zero-order chi connectivity index (χ0) is 37.0. The highest BCUT2D eigenvalue weighted by Crippen LogP contribution is 2.34. The maximum absolute atomic E-state index is 5.07. The molecule has 0 bridgehead atoms. The number of rotatable bonds is 18. The normalized spacial score (nSPS) is 13.1. The number of hydrazine groups is 1. The lowest BCUT2D eigenvalue weighted by atomic mass is 10.0. The van der Waals surface area contributed by atoms with E-state index in [2.05, 4.69) is 174 Å². The average Bonchev–Trinajstić information content (AvgIpc) is 3.14. The van der Waals surface area contributed by atoms with E-state index in [9.17, 15) is 0 Å². The van der Waals surface area contributed by atoms with E-state index in [1.807, 2.05) is 0 Å².